The normalized spacial score (nSPS) is 16.8. The summed E-state index contributed by atoms with van der Waals surface area (Å²) in [6.07, 6.45) is 1.85. The van der Waals surface area contributed by atoms with Crippen LogP contribution in [0.3, 0.4) is 0 Å². The standard InChI is InChI=1S/C24H30N4O2/c29-23(21-8-2-1-3-9-21)27-17-15-26(16-18-27)13-6-12-25-24(30)28-14-11-20-7-4-5-10-22(20)19-28/h1-5,7-10H,6,11-19H2,(H,25,30). The van der Waals surface area contributed by atoms with Crippen LogP contribution in [0.4, 0.5) is 4.79 Å². The van der Waals surface area contributed by atoms with Gasteiger partial charge in [-0.15, -0.1) is 0 Å². The average Bonchev–Trinajstić information content (AvgIpc) is 2.82. The molecule has 0 atom stereocenters. The highest BCUT2D eigenvalue weighted by Gasteiger charge is 2.22. The number of carbonyl (C=O) groups excluding carboxylic acids is 2. The first kappa shape index (κ1) is 20.4. The van der Waals surface area contributed by atoms with Crippen molar-refractivity contribution < 1.29 is 9.59 Å². The van der Waals surface area contributed by atoms with Crippen molar-refractivity contribution in [1.29, 1.82) is 0 Å². The summed E-state index contributed by atoms with van der Waals surface area (Å²) in [4.78, 5) is 31.2. The fourth-order valence-electron chi connectivity index (χ4n) is 4.22. The zero-order chi connectivity index (χ0) is 20.8. The van der Waals surface area contributed by atoms with E-state index in [2.05, 4.69) is 28.4 Å². The van der Waals surface area contributed by atoms with Gasteiger partial charge in [0.15, 0.2) is 0 Å². The molecule has 6 heteroatoms. The van der Waals surface area contributed by atoms with Crippen LogP contribution in [0.2, 0.25) is 0 Å². The second-order valence-corrected chi connectivity index (χ2v) is 8.03. The molecule has 2 aromatic rings. The number of carbonyl (C=O) groups is 2. The zero-order valence-corrected chi connectivity index (χ0v) is 17.4. The smallest absolute Gasteiger partial charge is 0.317 e. The monoisotopic (exact) mass is 406 g/mol. The highest BCUT2D eigenvalue weighted by molar-refractivity contribution is 5.94. The molecule has 1 N–H and O–H groups in total. The van der Waals surface area contributed by atoms with Gasteiger partial charge < -0.3 is 15.1 Å². The Labute approximate surface area is 178 Å². The zero-order valence-electron chi connectivity index (χ0n) is 17.4. The molecule has 0 radical (unpaired) electrons. The van der Waals surface area contributed by atoms with E-state index in [-0.39, 0.29) is 11.9 Å². The summed E-state index contributed by atoms with van der Waals surface area (Å²) in [5, 5.41) is 3.07. The number of nitrogens with zero attached hydrogens (tertiary/aromatic N) is 3. The second kappa shape index (κ2) is 9.76. The fraction of sp³-hybridized carbons (Fsp3) is 0.417. The van der Waals surface area contributed by atoms with Gasteiger partial charge in [-0.1, -0.05) is 42.5 Å². The fourth-order valence-corrected chi connectivity index (χ4v) is 4.22. The van der Waals surface area contributed by atoms with Gasteiger partial charge in [0.2, 0.25) is 0 Å². The Morgan fingerprint density at radius 3 is 2.27 bits per heavy atom. The van der Waals surface area contributed by atoms with Gasteiger partial charge in [-0.25, -0.2) is 4.79 Å². The Morgan fingerprint density at radius 2 is 1.50 bits per heavy atom. The van der Waals surface area contributed by atoms with Crippen molar-refractivity contribution in [1.82, 2.24) is 20.0 Å². The molecule has 2 aliphatic heterocycles. The van der Waals surface area contributed by atoms with E-state index in [1.807, 2.05) is 46.2 Å². The molecule has 2 aliphatic rings. The summed E-state index contributed by atoms with van der Waals surface area (Å²) in [6.45, 7) is 6.38. The molecule has 2 aromatic carbocycles. The SMILES string of the molecule is O=C(NCCCN1CCN(C(=O)c2ccccc2)CC1)N1CCc2ccccc2C1. The molecule has 30 heavy (non-hydrogen) atoms. The quantitative estimate of drug-likeness (QED) is 0.777. The third kappa shape index (κ3) is 5.00. The summed E-state index contributed by atoms with van der Waals surface area (Å²) in [6, 6.07) is 17.9. The van der Waals surface area contributed by atoms with Gasteiger partial charge >= 0.3 is 6.03 Å². The van der Waals surface area contributed by atoms with Crippen LogP contribution in [-0.2, 0) is 13.0 Å². The van der Waals surface area contributed by atoms with Gasteiger partial charge in [0.05, 0.1) is 0 Å². The summed E-state index contributed by atoms with van der Waals surface area (Å²) < 4.78 is 0. The Bertz CT molecular complexity index is 863. The van der Waals surface area contributed by atoms with Gasteiger partial charge in [0, 0.05) is 51.4 Å². The number of hydrogen-bond acceptors (Lipinski definition) is 3. The van der Waals surface area contributed by atoms with E-state index in [0.717, 1.165) is 57.7 Å². The number of fused-ring (bicyclic) bond motifs is 1. The van der Waals surface area contributed by atoms with E-state index >= 15 is 0 Å². The maximum Gasteiger partial charge on any atom is 0.317 e. The molecule has 3 amide bonds. The topological polar surface area (TPSA) is 55.9 Å². The molecule has 2 heterocycles. The third-order valence-electron chi connectivity index (χ3n) is 6.03. The largest absolute Gasteiger partial charge is 0.338 e. The van der Waals surface area contributed by atoms with E-state index in [1.54, 1.807) is 0 Å². The highest BCUT2D eigenvalue weighted by Crippen LogP contribution is 2.18. The Balaban J connectivity index is 1.13. The number of nitrogens with one attached hydrogen (secondary N) is 1. The molecule has 1 fully saturated rings. The van der Waals surface area contributed by atoms with Gasteiger partial charge in [0.25, 0.3) is 5.91 Å². The van der Waals surface area contributed by atoms with Gasteiger partial charge in [-0.3, -0.25) is 9.69 Å². The van der Waals surface area contributed by atoms with E-state index in [1.165, 1.54) is 11.1 Å². The number of amides is 3. The summed E-state index contributed by atoms with van der Waals surface area (Å²) in [5.74, 6) is 0.116. The molecular formula is C24H30N4O2. The predicted molar refractivity (Wildman–Crippen MR) is 117 cm³/mol. The molecule has 4 rings (SSSR count). The van der Waals surface area contributed by atoms with Crippen molar-refractivity contribution in [3.8, 4) is 0 Å². The number of rotatable bonds is 5. The van der Waals surface area contributed by atoms with Crippen LogP contribution in [0.15, 0.2) is 54.6 Å². The van der Waals surface area contributed by atoms with Crippen molar-refractivity contribution in [3.63, 3.8) is 0 Å². The molecule has 1 saturated heterocycles. The average molecular weight is 407 g/mol. The molecule has 158 valence electrons. The summed E-state index contributed by atoms with van der Waals surface area (Å²) in [7, 11) is 0. The number of hydrogen-bond donors (Lipinski definition) is 1. The van der Waals surface area contributed by atoms with E-state index in [4.69, 9.17) is 0 Å². The molecule has 0 bridgehead atoms. The van der Waals surface area contributed by atoms with Crippen molar-refractivity contribution in [2.45, 2.75) is 19.4 Å². The van der Waals surface area contributed by atoms with Crippen LogP contribution >= 0.6 is 0 Å². The number of piperazine rings is 1. The summed E-state index contributed by atoms with van der Waals surface area (Å²) in [5.41, 5.74) is 3.36. The second-order valence-electron chi connectivity index (χ2n) is 8.03. The minimum absolute atomic E-state index is 0.0304. The van der Waals surface area contributed by atoms with Crippen LogP contribution in [0.1, 0.15) is 27.9 Å². The van der Waals surface area contributed by atoms with Gasteiger partial charge in [-0.05, 0) is 42.6 Å². The van der Waals surface area contributed by atoms with Crippen molar-refractivity contribution in [2.75, 3.05) is 45.8 Å². The molecule has 0 aromatic heterocycles. The first-order valence-electron chi connectivity index (χ1n) is 10.9. The van der Waals surface area contributed by atoms with Crippen LogP contribution in [0.25, 0.3) is 0 Å². The van der Waals surface area contributed by atoms with Crippen LogP contribution in [-0.4, -0.2) is 72.5 Å². The first-order valence-corrected chi connectivity index (χ1v) is 10.9. The number of benzene rings is 2. The van der Waals surface area contributed by atoms with Crippen LogP contribution in [0.5, 0.6) is 0 Å². The van der Waals surface area contributed by atoms with Crippen molar-refractivity contribution in [3.05, 3.63) is 71.3 Å². The first-order chi connectivity index (χ1) is 14.7. The highest BCUT2D eigenvalue weighted by atomic mass is 16.2. The van der Waals surface area contributed by atoms with Crippen molar-refractivity contribution in [2.24, 2.45) is 0 Å². The lowest BCUT2D eigenvalue weighted by Gasteiger charge is -2.35. The Morgan fingerprint density at radius 1 is 0.800 bits per heavy atom. The number of urea groups is 1. The van der Waals surface area contributed by atoms with Crippen molar-refractivity contribution >= 4 is 11.9 Å². The lowest BCUT2D eigenvalue weighted by atomic mass is 10.0. The van der Waals surface area contributed by atoms with E-state index < -0.39 is 0 Å². The molecule has 0 unspecified atom stereocenters. The molecule has 0 spiro atoms. The minimum atomic E-state index is 0.0304. The van der Waals surface area contributed by atoms with Crippen LogP contribution in [0, 0.1) is 0 Å². The lowest BCUT2D eigenvalue weighted by Crippen LogP contribution is -2.49. The Hall–Kier alpha value is -2.86. The van der Waals surface area contributed by atoms with Crippen LogP contribution < -0.4 is 5.32 Å². The lowest BCUT2D eigenvalue weighted by molar-refractivity contribution is 0.0636. The minimum Gasteiger partial charge on any atom is -0.338 e. The van der Waals surface area contributed by atoms with E-state index in [0.29, 0.717) is 13.1 Å². The predicted octanol–water partition coefficient (Wildman–Crippen LogP) is 2.60. The molecule has 0 saturated carbocycles. The third-order valence-corrected chi connectivity index (χ3v) is 6.03. The molecule has 0 aliphatic carbocycles. The molecular weight excluding hydrogens is 376 g/mol. The maximum atomic E-state index is 12.5. The maximum absolute atomic E-state index is 12.5. The summed E-state index contributed by atoms with van der Waals surface area (Å²) >= 11 is 0. The van der Waals surface area contributed by atoms with E-state index in [9.17, 15) is 9.59 Å². The Kier molecular flexibility index (Phi) is 6.64. The van der Waals surface area contributed by atoms with Gasteiger partial charge in [0.1, 0.15) is 0 Å². The van der Waals surface area contributed by atoms with Gasteiger partial charge in [-0.2, -0.15) is 0 Å². The molecule has 6 nitrogen and oxygen atoms in total.